The fourth-order valence-corrected chi connectivity index (χ4v) is 2.74. The summed E-state index contributed by atoms with van der Waals surface area (Å²) in [7, 11) is 0. The van der Waals surface area contributed by atoms with Gasteiger partial charge in [0, 0.05) is 17.8 Å². The summed E-state index contributed by atoms with van der Waals surface area (Å²) < 4.78 is 0. The van der Waals surface area contributed by atoms with Gasteiger partial charge in [0.2, 0.25) is 0 Å². The van der Waals surface area contributed by atoms with E-state index in [1.807, 2.05) is 12.1 Å². The highest BCUT2D eigenvalue weighted by Gasteiger charge is 2.15. The van der Waals surface area contributed by atoms with Crippen molar-refractivity contribution in [3.63, 3.8) is 0 Å². The Kier molecular flexibility index (Phi) is 3.55. The lowest BCUT2D eigenvalue weighted by Gasteiger charge is -2.10. The van der Waals surface area contributed by atoms with E-state index in [9.17, 15) is 4.79 Å². The minimum absolute atomic E-state index is 0.213. The Labute approximate surface area is 126 Å². The minimum atomic E-state index is -0.213. The van der Waals surface area contributed by atoms with E-state index in [1.165, 1.54) is 0 Å². The third-order valence-electron chi connectivity index (χ3n) is 3.28. The maximum absolute atomic E-state index is 12.3. The average molecular weight is 307 g/mol. The zero-order valence-corrected chi connectivity index (χ0v) is 12.1. The molecule has 1 aliphatic heterocycles. The van der Waals surface area contributed by atoms with E-state index in [1.54, 1.807) is 24.3 Å². The van der Waals surface area contributed by atoms with Crippen LogP contribution in [0.4, 0.5) is 11.4 Å². The van der Waals surface area contributed by atoms with Gasteiger partial charge in [-0.1, -0.05) is 29.3 Å². The second-order valence-electron chi connectivity index (χ2n) is 4.60. The SMILES string of the molecule is O=C(Nc1c(Cl)cccc1Cl)c1ccc2c(c1)CCN2. The molecule has 1 amide bonds. The van der Waals surface area contributed by atoms with E-state index < -0.39 is 0 Å². The number of halogens is 2. The van der Waals surface area contributed by atoms with Crippen molar-refractivity contribution in [3.05, 3.63) is 57.6 Å². The van der Waals surface area contributed by atoms with Crippen molar-refractivity contribution in [2.24, 2.45) is 0 Å². The van der Waals surface area contributed by atoms with E-state index >= 15 is 0 Å². The van der Waals surface area contributed by atoms with E-state index in [2.05, 4.69) is 10.6 Å². The van der Waals surface area contributed by atoms with Gasteiger partial charge in [-0.25, -0.2) is 0 Å². The highest BCUT2D eigenvalue weighted by atomic mass is 35.5. The Bertz CT molecular complexity index is 665. The van der Waals surface area contributed by atoms with Crippen molar-refractivity contribution in [2.45, 2.75) is 6.42 Å². The number of fused-ring (bicyclic) bond motifs is 1. The molecule has 0 spiro atoms. The summed E-state index contributed by atoms with van der Waals surface area (Å²) in [5.41, 5.74) is 3.29. The predicted molar refractivity (Wildman–Crippen MR) is 83.1 cm³/mol. The molecule has 20 heavy (non-hydrogen) atoms. The first-order valence-electron chi connectivity index (χ1n) is 6.27. The topological polar surface area (TPSA) is 41.1 Å². The first-order valence-corrected chi connectivity index (χ1v) is 7.03. The van der Waals surface area contributed by atoms with Crippen molar-refractivity contribution in [1.29, 1.82) is 0 Å². The molecular weight excluding hydrogens is 295 g/mol. The molecule has 102 valence electrons. The molecule has 0 saturated carbocycles. The third-order valence-corrected chi connectivity index (χ3v) is 3.91. The van der Waals surface area contributed by atoms with Crippen LogP contribution in [0.3, 0.4) is 0 Å². The van der Waals surface area contributed by atoms with Gasteiger partial charge in [-0.15, -0.1) is 0 Å². The lowest BCUT2D eigenvalue weighted by atomic mass is 10.1. The first-order chi connectivity index (χ1) is 9.65. The Morgan fingerprint density at radius 2 is 1.90 bits per heavy atom. The summed E-state index contributed by atoms with van der Waals surface area (Å²) in [5.74, 6) is -0.213. The van der Waals surface area contributed by atoms with Crippen LogP contribution in [-0.4, -0.2) is 12.5 Å². The lowest BCUT2D eigenvalue weighted by molar-refractivity contribution is 0.102. The number of amides is 1. The third kappa shape index (κ3) is 2.47. The lowest BCUT2D eigenvalue weighted by Crippen LogP contribution is -2.12. The van der Waals surface area contributed by atoms with Gasteiger partial charge in [-0.2, -0.15) is 0 Å². The van der Waals surface area contributed by atoms with Gasteiger partial charge in [0.25, 0.3) is 5.91 Å². The zero-order valence-electron chi connectivity index (χ0n) is 10.5. The van der Waals surface area contributed by atoms with Crippen molar-refractivity contribution in [3.8, 4) is 0 Å². The highest BCUT2D eigenvalue weighted by molar-refractivity contribution is 6.40. The van der Waals surface area contributed by atoms with Gasteiger partial charge in [-0.05, 0) is 42.3 Å². The molecule has 2 aromatic rings. The summed E-state index contributed by atoms with van der Waals surface area (Å²) in [4.78, 5) is 12.3. The molecule has 0 aliphatic carbocycles. The fourth-order valence-electron chi connectivity index (χ4n) is 2.25. The molecule has 2 aromatic carbocycles. The smallest absolute Gasteiger partial charge is 0.255 e. The van der Waals surface area contributed by atoms with Gasteiger partial charge in [0.1, 0.15) is 0 Å². The molecule has 1 heterocycles. The molecule has 0 saturated heterocycles. The molecule has 0 fully saturated rings. The van der Waals surface area contributed by atoms with E-state index in [0.717, 1.165) is 24.2 Å². The Morgan fingerprint density at radius 3 is 2.65 bits per heavy atom. The normalized spacial score (nSPS) is 12.7. The number of hydrogen-bond acceptors (Lipinski definition) is 2. The Hall–Kier alpha value is -1.71. The predicted octanol–water partition coefficient (Wildman–Crippen LogP) is 4.21. The first kappa shape index (κ1) is 13.3. The summed E-state index contributed by atoms with van der Waals surface area (Å²) in [6.45, 7) is 0.913. The number of nitrogens with one attached hydrogen (secondary N) is 2. The largest absolute Gasteiger partial charge is 0.384 e. The van der Waals surface area contributed by atoms with Crippen LogP contribution in [0.5, 0.6) is 0 Å². The van der Waals surface area contributed by atoms with Crippen molar-refractivity contribution in [1.82, 2.24) is 0 Å². The summed E-state index contributed by atoms with van der Waals surface area (Å²) in [6, 6.07) is 10.7. The number of carbonyl (C=O) groups is 1. The summed E-state index contributed by atoms with van der Waals surface area (Å²) in [6.07, 6.45) is 0.934. The van der Waals surface area contributed by atoms with Crippen LogP contribution in [0.1, 0.15) is 15.9 Å². The molecule has 0 aromatic heterocycles. The Morgan fingerprint density at radius 1 is 1.15 bits per heavy atom. The molecule has 0 atom stereocenters. The molecule has 0 bridgehead atoms. The van der Waals surface area contributed by atoms with Crippen LogP contribution in [-0.2, 0) is 6.42 Å². The molecule has 1 aliphatic rings. The van der Waals surface area contributed by atoms with Crippen molar-refractivity contribution < 1.29 is 4.79 Å². The molecule has 3 nitrogen and oxygen atoms in total. The number of carbonyl (C=O) groups excluding carboxylic acids is 1. The number of benzene rings is 2. The number of hydrogen-bond donors (Lipinski definition) is 2. The van der Waals surface area contributed by atoms with Gasteiger partial charge in [0.05, 0.1) is 15.7 Å². The molecule has 0 radical (unpaired) electrons. The zero-order chi connectivity index (χ0) is 14.1. The standard InChI is InChI=1S/C15H12Cl2N2O/c16-11-2-1-3-12(17)14(11)19-15(20)10-4-5-13-9(8-10)6-7-18-13/h1-5,8,18H,6-7H2,(H,19,20). The second-order valence-corrected chi connectivity index (χ2v) is 5.41. The maximum Gasteiger partial charge on any atom is 0.255 e. The van der Waals surface area contributed by atoms with Gasteiger partial charge in [-0.3, -0.25) is 4.79 Å². The van der Waals surface area contributed by atoms with Crippen LogP contribution in [0.2, 0.25) is 10.0 Å². The van der Waals surface area contributed by atoms with E-state index in [-0.39, 0.29) is 5.91 Å². The number of rotatable bonds is 2. The van der Waals surface area contributed by atoms with Crippen molar-refractivity contribution >= 4 is 40.5 Å². The minimum Gasteiger partial charge on any atom is -0.384 e. The number of anilines is 2. The summed E-state index contributed by atoms with van der Waals surface area (Å²) in [5, 5.41) is 6.87. The molecular formula is C15H12Cl2N2O. The van der Waals surface area contributed by atoms with Crippen LogP contribution in [0, 0.1) is 0 Å². The van der Waals surface area contributed by atoms with Crippen LogP contribution in [0.25, 0.3) is 0 Å². The van der Waals surface area contributed by atoms with Gasteiger partial charge < -0.3 is 10.6 Å². The van der Waals surface area contributed by atoms with E-state index in [0.29, 0.717) is 21.3 Å². The van der Waals surface area contributed by atoms with Gasteiger partial charge in [0.15, 0.2) is 0 Å². The molecule has 2 N–H and O–H groups in total. The monoisotopic (exact) mass is 306 g/mol. The van der Waals surface area contributed by atoms with Crippen LogP contribution in [0.15, 0.2) is 36.4 Å². The van der Waals surface area contributed by atoms with Gasteiger partial charge >= 0.3 is 0 Å². The van der Waals surface area contributed by atoms with Crippen LogP contribution >= 0.6 is 23.2 Å². The Balaban J connectivity index is 1.86. The van der Waals surface area contributed by atoms with E-state index in [4.69, 9.17) is 23.2 Å². The molecule has 5 heteroatoms. The maximum atomic E-state index is 12.3. The fraction of sp³-hybridized carbons (Fsp3) is 0.133. The molecule has 0 unspecified atom stereocenters. The van der Waals surface area contributed by atoms with Crippen molar-refractivity contribution in [2.75, 3.05) is 17.2 Å². The summed E-state index contributed by atoms with van der Waals surface area (Å²) >= 11 is 12.1. The quantitative estimate of drug-likeness (QED) is 0.872. The second kappa shape index (κ2) is 5.35. The average Bonchev–Trinajstić information content (AvgIpc) is 2.90. The van der Waals surface area contributed by atoms with Crippen LogP contribution < -0.4 is 10.6 Å². The highest BCUT2D eigenvalue weighted by Crippen LogP contribution is 2.30. The number of para-hydroxylation sites is 1. The molecule has 3 rings (SSSR count).